The Bertz CT molecular complexity index is 1390. The molecule has 2 aromatic carbocycles. The molecule has 3 aromatic rings. The van der Waals surface area contributed by atoms with Gasteiger partial charge in [0.1, 0.15) is 21.2 Å². The maximum Gasteiger partial charge on any atom is 0.387 e. The zero-order valence-corrected chi connectivity index (χ0v) is 19.1. The summed E-state index contributed by atoms with van der Waals surface area (Å²) < 4.78 is 53.6. The first-order valence-corrected chi connectivity index (χ1v) is 12.6. The number of hydrogen-bond acceptors (Lipinski definition) is 6. The van der Waals surface area contributed by atoms with Crippen LogP contribution in [0.5, 0.6) is 5.75 Å². The lowest BCUT2D eigenvalue weighted by molar-refractivity contribution is -0.0498. The van der Waals surface area contributed by atoms with Crippen molar-refractivity contribution >= 4 is 32.3 Å². The van der Waals surface area contributed by atoms with E-state index < -0.39 is 27.9 Å². The van der Waals surface area contributed by atoms with Gasteiger partial charge in [-0.1, -0.05) is 24.3 Å². The van der Waals surface area contributed by atoms with Gasteiger partial charge in [-0.3, -0.25) is 9.59 Å². The Labute approximate surface area is 194 Å². The smallest absolute Gasteiger partial charge is 0.387 e. The Morgan fingerprint density at radius 3 is 2.56 bits per heavy atom. The Morgan fingerprint density at radius 1 is 1.15 bits per heavy atom. The van der Waals surface area contributed by atoms with Crippen LogP contribution in [0.4, 0.5) is 14.5 Å². The molecule has 1 aromatic heterocycles. The number of para-hydroxylation sites is 1. The van der Waals surface area contributed by atoms with E-state index in [2.05, 4.69) is 10.1 Å². The average molecular weight is 492 g/mol. The Morgan fingerprint density at radius 2 is 1.88 bits per heavy atom. The number of rotatable bonds is 8. The van der Waals surface area contributed by atoms with Gasteiger partial charge in [0.2, 0.25) is 0 Å². The molecule has 0 atom stereocenters. The number of hydrogen-bond donors (Lipinski definition) is 1. The van der Waals surface area contributed by atoms with E-state index in [1.165, 1.54) is 24.5 Å². The van der Waals surface area contributed by atoms with Crippen molar-refractivity contribution in [3.05, 3.63) is 70.0 Å². The standard InChI is InChI=1S/C23H23F2N3O5S/c1-34(31,32)12-11-27-9-10-28-20-16(3-2-4-19(20)27)13-18(22(28)30)21(29)26-14-15-5-7-17(8-6-15)33-23(24)25/h2-8,13,23H,9-12,14H2,1H3,(H,26,29). The van der Waals surface area contributed by atoms with E-state index in [1.807, 2.05) is 11.0 Å². The summed E-state index contributed by atoms with van der Waals surface area (Å²) >= 11 is 0. The lowest BCUT2D eigenvalue weighted by Gasteiger charge is -2.32. The van der Waals surface area contributed by atoms with E-state index in [1.54, 1.807) is 28.8 Å². The minimum absolute atomic E-state index is 0.00332. The highest BCUT2D eigenvalue weighted by molar-refractivity contribution is 7.90. The van der Waals surface area contributed by atoms with Gasteiger partial charge >= 0.3 is 6.61 Å². The van der Waals surface area contributed by atoms with Gasteiger partial charge in [-0.05, 0) is 29.8 Å². The van der Waals surface area contributed by atoms with Crippen molar-refractivity contribution in [2.24, 2.45) is 0 Å². The number of carbonyl (C=O) groups is 1. The van der Waals surface area contributed by atoms with Crippen LogP contribution < -0.4 is 20.5 Å². The molecule has 0 saturated carbocycles. The van der Waals surface area contributed by atoms with Crippen molar-refractivity contribution in [3.8, 4) is 5.75 Å². The van der Waals surface area contributed by atoms with Crippen molar-refractivity contribution in [2.45, 2.75) is 19.7 Å². The molecule has 1 aliphatic rings. The number of carbonyl (C=O) groups excluding carboxylic acids is 1. The fourth-order valence-corrected chi connectivity index (χ4v) is 4.52. The molecule has 180 valence electrons. The third-order valence-electron chi connectivity index (χ3n) is 5.60. The van der Waals surface area contributed by atoms with E-state index >= 15 is 0 Å². The molecule has 0 aliphatic carbocycles. The number of nitrogens with one attached hydrogen (secondary N) is 1. The number of alkyl halides is 2. The zero-order valence-electron chi connectivity index (χ0n) is 18.3. The summed E-state index contributed by atoms with van der Waals surface area (Å²) in [6.07, 6.45) is 1.19. The Hall–Kier alpha value is -3.47. The van der Waals surface area contributed by atoms with Crippen LogP contribution in [0.25, 0.3) is 10.9 Å². The quantitative estimate of drug-likeness (QED) is 0.520. The first kappa shape index (κ1) is 23.7. The second-order valence-corrected chi connectivity index (χ2v) is 10.3. The minimum Gasteiger partial charge on any atom is -0.435 e. The number of amides is 1. The normalized spacial score (nSPS) is 13.4. The van der Waals surface area contributed by atoms with Crippen LogP contribution in [0, 0.1) is 0 Å². The fourth-order valence-electron chi connectivity index (χ4n) is 3.97. The van der Waals surface area contributed by atoms with Crippen LogP contribution >= 0.6 is 0 Å². The van der Waals surface area contributed by atoms with Crippen LogP contribution in [-0.2, 0) is 22.9 Å². The SMILES string of the molecule is CS(=O)(=O)CCN1CCn2c(=O)c(C(=O)NCc3ccc(OC(F)F)cc3)cc3cccc1c32. The van der Waals surface area contributed by atoms with E-state index in [9.17, 15) is 26.8 Å². The zero-order chi connectivity index (χ0) is 24.5. The maximum atomic E-state index is 13.1. The van der Waals surface area contributed by atoms with Crippen LogP contribution in [0.1, 0.15) is 15.9 Å². The van der Waals surface area contributed by atoms with E-state index in [4.69, 9.17) is 0 Å². The molecule has 0 radical (unpaired) electrons. The van der Waals surface area contributed by atoms with Crippen molar-refractivity contribution in [2.75, 3.05) is 30.0 Å². The average Bonchev–Trinajstić information content (AvgIpc) is 2.78. The number of nitrogens with zero attached hydrogens (tertiary/aromatic N) is 2. The summed E-state index contributed by atoms with van der Waals surface area (Å²) in [7, 11) is -3.14. The molecular weight excluding hydrogens is 468 g/mol. The van der Waals surface area contributed by atoms with Gasteiger partial charge in [0.05, 0.1) is 17.0 Å². The lowest BCUT2D eigenvalue weighted by atomic mass is 10.1. The molecule has 1 amide bonds. The van der Waals surface area contributed by atoms with Crippen molar-refractivity contribution in [1.29, 1.82) is 0 Å². The molecular formula is C23H23F2N3O5S. The number of sulfone groups is 1. The molecule has 1 N–H and O–H groups in total. The van der Waals surface area contributed by atoms with Gasteiger partial charge in [-0.15, -0.1) is 0 Å². The highest BCUT2D eigenvalue weighted by atomic mass is 32.2. The van der Waals surface area contributed by atoms with Gasteiger partial charge in [0, 0.05) is 37.8 Å². The van der Waals surface area contributed by atoms with Crippen LogP contribution in [0.3, 0.4) is 0 Å². The monoisotopic (exact) mass is 491 g/mol. The molecule has 2 heterocycles. The molecule has 1 aliphatic heterocycles. The molecule has 11 heteroatoms. The maximum absolute atomic E-state index is 13.1. The second-order valence-electron chi connectivity index (χ2n) is 8.05. The van der Waals surface area contributed by atoms with Crippen LogP contribution in [0.2, 0.25) is 0 Å². The predicted molar refractivity (Wildman–Crippen MR) is 124 cm³/mol. The number of benzene rings is 2. The number of pyridine rings is 1. The summed E-state index contributed by atoms with van der Waals surface area (Å²) in [5.74, 6) is -0.532. The molecule has 34 heavy (non-hydrogen) atoms. The Balaban J connectivity index is 1.56. The summed E-state index contributed by atoms with van der Waals surface area (Å²) in [5.41, 5.74) is 1.63. The molecule has 0 unspecified atom stereocenters. The van der Waals surface area contributed by atoms with Crippen molar-refractivity contribution in [1.82, 2.24) is 9.88 Å². The first-order valence-electron chi connectivity index (χ1n) is 10.5. The van der Waals surface area contributed by atoms with Crippen molar-refractivity contribution < 1.29 is 26.7 Å². The highest BCUT2D eigenvalue weighted by Crippen LogP contribution is 2.29. The molecule has 0 spiro atoms. The van der Waals surface area contributed by atoms with Gasteiger partial charge in [-0.25, -0.2) is 8.42 Å². The van der Waals surface area contributed by atoms with Gasteiger partial charge < -0.3 is 19.5 Å². The number of halogens is 2. The van der Waals surface area contributed by atoms with Crippen LogP contribution in [0.15, 0.2) is 53.3 Å². The molecule has 0 bridgehead atoms. The summed E-state index contributed by atoms with van der Waals surface area (Å²) in [4.78, 5) is 27.9. The molecule has 0 saturated heterocycles. The predicted octanol–water partition coefficient (Wildman–Crippen LogP) is 2.40. The van der Waals surface area contributed by atoms with Gasteiger partial charge in [-0.2, -0.15) is 8.78 Å². The van der Waals surface area contributed by atoms with Gasteiger partial charge in [0.15, 0.2) is 0 Å². The summed E-state index contributed by atoms with van der Waals surface area (Å²) in [6, 6.07) is 12.8. The molecule has 4 rings (SSSR count). The number of aromatic nitrogens is 1. The highest BCUT2D eigenvalue weighted by Gasteiger charge is 2.24. The summed E-state index contributed by atoms with van der Waals surface area (Å²) in [5, 5.41) is 3.39. The fraction of sp³-hybridized carbons (Fsp3) is 0.304. The topological polar surface area (TPSA) is 97.7 Å². The minimum atomic E-state index is -3.14. The van der Waals surface area contributed by atoms with E-state index in [0.29, 0.717) is 36.1 Å². The summed E-state index contributed by atoms with van der Waals surface area (Å²) in [6.45, 7) is -1.73. The van der Waals surface area contributed by atoms with E-state index in [-0.39, 0.29) is 23.6 Å². The first-order chi connectivity index (χ1) is 16.1. The third-order valence-corrected chi connectivity index (χ3v) is 6.53. The van der Waals surface area contributed by atoms with Crippen LogP contribution in [-0.4, -0.2) is 50.6 Å². The molecule has 0 fully saturated rings. The Kier molecular flexibility index (Phi) is 6.56. The van der Waals surface area contributed by atoms with Gasteiger partial charge in [0.25, 0.3) is 11.5 Å². The van der Waals surface area contributed by atoms with E-state index in [0.717, 1.165) is 5.69 Å². The second kappa shape index (κ2) is 9.41. The van der Waals surface area contributed by atoms with Crippen molar-refractivity contribution in [3.63, 3.8) is 0 Å². The largest absolute Gasteiger partial charge is 0.435 e. The number of ether oxygens (including phenoxy) is 1. The molecule has 8 nitrogen and oxygen atoms in total. The lowest BCUT2D eigenvalue weighted by Crippen LogP contribution is -2.41. The third kappa shape index (κ3) is 5.19. The number of anilines is 1.